The molecule has 0 saturated heterocycles. The minimum absolute atomic E-state index is 0.154. The summed E-state index contributed by atoms with van der Waals surface area (Å²) in [5.74, 6) is 0.592. The van der Waals surface area contributed by atoms with E-state index < -0.39 is 0 Å². The Morgan fingerprint density at radius 3 is 2.06 bits per heavy atom. The molecule has 1 aliphatic carbocycles. The molecular weight excluding hydrogens is 388 g/mol. The van der Waals surface area contributed by atoms with Crippen LogP contribution in [0.3, 0.4) is 0 Å². The van der Waals surface area contributed by atoms with Crippen molar-refractivity contribution in [1.29, 1.82) is 0 Å². The monoisotopic (exact) mass is 408 g/mol. The van der Waals surface area contributed by atoms with E-state index in [0.717, 1.165) is 22.8 Å². The molecule has 152 valence electrons. The van der Waals surface area contributed by atoms with Gasteiger partial charge in [0.15, 0.2) is 11.6 Å². The van der Waals surface area contributed by atoms with Gasteiger partial charge in [-0.1, -0.05) is 48.5 Å². The fourth-order valence-corrected chi connectivity index (χ4v) is 4.07. The van der Waals surface area contributed by atoms with Gasteiger partial charge in [0.25, 0.3) is 0 Å². The molecule has 4 aromatic rings. The van der Waals surface area contributed by atoms with Crippen LogP contribution in [-0.4, -0.2) is 23.3 Å². The number of benzene rings is 4. The van der Waals surface area contributed by atoms with E-state index in [1.807, 2.05) is 48.5 Å². The van der Waals surface area contributed by atoms with Crippen LogP contribution in [-0.2, 0) is 6.42 Å². The number of fused-ring (bicyclic) bond motifs is 3. The fraction of sp³-hybridized carbons (Fsp3) is 0.111. The Kier molecular flexibility index (Phi) is 4.85. The molecule has 0 heterocycles. The highest BCUT2D eigenvalue weighted by Gasteiger charge is 2.32. The van der Waals surface area contributed by atoms with E-state index >= 15 is 0 Å². The second-order valence-electron chi connectivity index (χ2n) is 7.66. The van der Waals surface area contributed by atoms with Gasteiger partial charge in [-0.2, -0.15) is 0 Å². The third-order valence-corrected chi connectivity index (χ3v) is 5.65. The van der Waals surface area contributed by atoms with Crippen molar-refractivity contribution in [2.45, 2.75) is 12.8 Å². The molecule has 4 nitrogen and oxygen atoms in total. The number of aliphatic hydroxyl groups is 1. The SMILES string of the molecule is O=C1c2cc3ccccc3cc2C(=O)c2c(Oc3ccc(CCCO)cc3)cccc21. The van der Waals surface area contributed by atoms with Crippen LogP contribution in [0.2, 0.25) is 0 Å². The fourth-order valence-electron chi connectivity index (χ4n) is 4.07. The Labute approximate surface area is 179 Å². The average Bonchev–Trinajstić information content (AvgIpc) is 2.81. The highest BCUT2D eigenvalue weighted by atomic mass is 16.5. The van der Waals surface area contributed by atoms with Crippen LogP contribution in [0.1, 0.15) is 43.8 Å². The van der Waals surface area contributed by atoms with E-state index in [0.29, 0.717) is 40.2 Å². The van der Waals surface area contributed by atoms with Gasteiger partial charge in [-0.3, -0.25) is 9.59 Å². The van der Waals surface area contributed by atoms with Gasteiger partial charge in [0, 0.05) is 23.3 Å². The molecule has 0 atom stereocenters. The molecule has 0 aromatic heterocycles. The van der Waals surface area contributed by atoms with Gasteiger partial charge in [0.1, 0.15) is 11.5 Å². The van der Waals surface area contributed by atoms with Crippen LogP contribution >= 0.6 is 0 Å². The highest BCUT2D eigenvalue weighted by Crippen LogP contribution is 2.37. The first-order chi connectivity index (χ1) is 15.2. The van der Waals surface area contributed by atoms with Gasteiger partial charge in [0.05, 0.1) is 5.56 Å². The van der Waals surface area contributed by atoms with Gasteiger partial charge in [-0.25, -0.2) is 0 Å². The summed E-state index contributed by atoms with van der Waals surface area (Å²) in [6.45, 7) is 0.154. The average molecular weight is 408 g/mol. The maximum Gasteiger partial charge on any atom is 0.198 e. The molecule has 31 heavy (non-hydrogen) atoms. The standard InChI is InChI=1S/C27H20O4/c28-14-4-5-17-10-12-20(13-11-17)31-24-9-3-8-21-25(24)27(30)23-16-19-7-2-1-6-18(19)15-22(23)26(21)29/h1-3,6-13,15-16,28H,4-5,14H2. The Balaban J connectivity index is 1.54. The van der Waals surface area contributed by atoms with Crippen molar-refractivity contribution in [1.82, 2.24) is 0 Å². The number of carbonyl (C=O) groups excluding carboxylic acids is 2. The predicted molar refractivity (Wildman–Crippen MR) is 119 cm³/mol. The largest absolute Gasteiger partial charge is 0.457 e. The lowest BCUT2D eigenvalue weighted by Gasteiger charge is -2.21. The summed E-state index contributed by atoms with van der Waals surface area (Å²) in [5, 5.41) is 10.8. The molecule has 4 heteroatoms. The van der Waals surface area contributed by atoms with Crippen molar-refractivity contribution in [3.63, 3.8) is 0 Å². The quantitative estimate of drug-likeness (QED) is 0.427. The predicted octanol–water partition coefficient (Wildman–Crippen LogP) is 5.33. The first-order valence-electron chi connectivity index (χ1n) is 10.3. The zero-order chi connectivity index (χ0) is 21.4. The topological polar surface area (TPSA) is 63.6 Å². The Bertz CT molecular complexity index is 1320. The second kappa shape index (κ2) is 7.82. The van der Waals surface area contributed by atoms with E-state index in [1.54, 1.807) is 30.3 Å². The Hall–Kier alpha value is -3.76. The maximum atomic E-state index is 13.4. The summed E-state index contributed by atoms with van der Waals surface area (Å²) >= 11 is 0. The van der Waals surface area contributed by atoms with Crippen LogP contribution < -0.4 is 4.74 Å². The lowest BCUT2D eigenvalue weighted by atomic mass is 9.82. The van der Waals surface area contributed by atoms with Crippen molar-refractivity contribution in [2.75, 3.05) is 6.61 Å². The second-order valence-corrected chi connectivity index (χ2v) is 7.66. The maximum absolute atomic E-state index is 13.4. The number of ether oxygens (including phenoxy) is 1. The number of ketones is 2. The minimum atomic E-state index is -0.203. The van der Waals surface area contributed by atoms with Gasteiger partial charge >= 0.3 is 0 Å². The van der Waals surface area contributed by atoms with Gasteiger partial charge < -0.3 is 9.84 Å². The van der Waals surface area contributed by atoms with E-state index in [9.17, 15) is 9.59 Å². The van der Waals surface area contributed by atoms with Crippen LogP contribution in [0.5, 0.6) is 11.5 Å². The van der Waals surface area contributed by atoms with E-state index in [-0.39, 0.29) is 18.2 Å². The number of aliphatic hydroxyl groups excluding tert-OH is 1. The van der Waals surface area contributed by atoms with Crippen molar-refractivity contribution < 1.29 is 19.4 Å². The van der Waals surface area contributed by atoms with Crippen LogP contribution in [0.15, 0.2) is 78.9 Å². The first kappa shape index (κ1) is 19.2. The molecule has 0 fully saturated rings. The smallest absolute Gasteiger partial charge is 0.198 e. The number of hydrogen-bond acceptors (Lipinski definition) is 4. The zero-order valence-electron chi connectivity index (χ0n) is 16.8. The molecule has 0 saturated carbocycles. The summed E-state index contributed by atoms with van der Waals surface area (Å²) in [6, 6.07) is 24.0. The van der Waals surface area contributed by atoms with Crippen molar-refractivity contribution in [3.8, 4) is 11.5 Å². The molecule has 4 aromatic carbocycles. The number of rotatable bonds is 5. The molecule has 1 aliphatic rings. The molecular formula is C27H20O4. The lowest BCUT2D eigenvalue weighted by molar-refractivity contribution is 0.0977. The van der Waals surface area contributed by atoms with E-state index in [2.05, 4.69) is 0 Å². The molecule has 1 N–H and O–H groups in total. The van der Waals surface area contributed by atoms with Crippen LogP contribution in [0.4, 0.5) is 0 Å². The molecule has 5 rings (SSSR count). The third-order valence-electron chi connectivity index (χ3n) is 5.65. The molecule has 0 aliphatic heterocycles. The molecule has 0 radical (unpaired) electrons. The summed E-state index contributed by atoms with van der Waals surface area (Å²) < 4.78 is 6.04. The van der Waals surface area contributed by atoms with E-state index in [4.69, 9.17) is 9.84 Å². The molecule has 0 bridgehead atoms. The summed E-state index contributed by atoms with van der Waals surface area (Å²) in [4.78, 5) is 26.6. The summed E-state index contributed by atoms with van der Waals surface area (Å²) in [7, 11) is 0. The Morgan fingerprint density at radius 2 is 1.39 bits per heavy atom. The third kappa shape index (κ3) is 3.41. The minimum Gasteiger partial charge on any atom is -0.457 e. The van der Waals surface area contributed by atoms with Gasteiger partial charge in [-0.05, 0) is 59.5 Å². The lowest BCUT2D eigenvalue weighted by Crippen LogP contribution is -2.21. The van der Waals surface area contributed by atoms with Crippen molar-refractivity contribution in [2.24, 2.45) is 0 Å². The van der Waals surface area contributed by atoms with Crippen LogP contribution in [0, 0.1) is 0 Å². The number of carbonyl (C=O) groups is 2. The molecule has 0 unspecified atom stereocenters. The number of aryl methyl sites for hydroxylation is 1. The van der Waals surface area contributed by atoms with Crippen molar-refractivity contribution >= 4 is 22.3 Å². The summed E-state index contributed by atoms with van der Waals surface area (Å²) in [6.07, 6.45) is 1.49. The van der Waals surface area contributed by atoms with Gasteiger partial charge in [0.2, 0.25) is 0 Å². The van der Waals surface area contributed by atoms with Crippen LogP contribution in [0.25, 0.3) is 10.8 Å². The van der Waals surface area contributed by atoms with Gasteiger partial charge in [-0.15, -0.1) is 0 Å². The highest BCUT2D eigenvalue weighted by molar-refractivity contribution is 6.30. The molecule has 0 spiro atoms. The first-order valence-corrected chi connectivity index (χ1v) is 10.3. The molecule has 0 amide bonds. The Morgan fingerprint density at radius 1 is 0.710 bits per heavy atom. The normalized spacial score (nSPS) is 12.5. The summed E-state index contributed by atoms with van der Waals surface area (Å²) in [5.41, 5.74) is 2.61. The van der Waals surface area contributed by atoms with E-state index in [1.165, 1.54) is 0 Å². The van der Waals surface area contributed by atoms with Crippen molar-refractivity contribution in [3.05, 3.63) is 107 Å². The zero-order valence-corrected chi connectivity index (χ0v) is 16.8. The number of hydrogen-bond donors (Lipinski definition) is 1.